The van der Waals surface area contributed by atoms with E-state index in [4.69, 9.17) is 5.11 Å². The van der Waals surface area contributed by atoms with Gasteiger partial charge in [-0.25, -0.2) is 0 Å². The molecule has 0 spiro atoms. The second-order valence-electron chi connectivity index (χ2n) is 7.98. The molecule has 0 aromatic heterocycles. The minimum atomic E-state index is -0.131. The Morgan fingerprint density at radius 1 is 0.571 bits per heavy atom. The van der Waals surface area contributed by atoms with Crippen LogP contribution >= 0.6 is 0 Å². The molecule has 28 heavy (non-hydrogen) atoms. The first-order valence-electron chi connectivity index (χ1n) is 11.3. The van der Waals surface area contributed by atoms with Crippen molar-refractivity contribution in [1.29, 1.82) is 0 Å². The molecule has 4 heteroatoms. The third-order valence-electron chi connectivity index (χ3n) is 5.67. The summed E-state index contributed by atoms with van der Waals surface area (Å²) in [5, 5.41) is 8.73. The van der Waals surface area contributed by atoms with Crippen molar-refractivity contribution in [3.63, 3.8) is 0 Å². The number of carbonyl (C=O) groups is 2. The summed E-state index contributed by atoms with van der Waals surface area (Å²) in [6.07, 6.45) is 17.1. The van der Waals surface area contributed by atoms with Gasteiger partial charge < -0.3 is 5.11 Å². The molecule has 1 aromatic carbocycles. The van der Waals surface area contributed by atoms with E-state index < -0.39 is 0 Å². The van der Waals surface area contributed by atoms with Crippen LogP contribution in [0.1, 0.15) is 111 Å². The van der Waals surface area contributed by atoms with Gasteiger partial charge in [0.15, 0.2) is 0 Å². The Morgan fingerprint density at radius 3 is 1.32 bits per heavy atom. The van der Waals surface area contributed by atoms with Crippen molar-refractivity contribution in [2.75, 3.05) is 13.2 Å². The Labute approximate surface area is 170 Å². The number of aliphatic hydroxyl groups excluding tert-OH is 1. The van der Waals surface area contributed by atoms with Crippen molar-refractivity contribution in [2.45, 2.75) is 89.9 Å². The Kier molecular flexibility index (Phi) is 10.9. The summed E-state index contributed by atoms with van der Waals surface area (Å²) in [6.45, 7) is 0.882. The predicted molar refractivity (Wildman–Crippen MR) is 114 cm³/mol. The van der Waals surface area contributed by atoms with Gasteiger partial charge in [-0.1, -0.05) is 89.2 Å². The van der Waals surface area contributed by atoms with E-state index in [1.807, 2.05) is 12.1 Å². The average Bonchev–Trinajstić information content (AvgIpc) is 2.96. The van der Waals surface area contributed by atoms with Crippen LogP contribution < -0.4 is 0 Å². The molecule has 0 radical (unpaired) electrons. The number of hydrogen-bond acceptors (Lipinski definition) is 3. The maximum absolute atomic E-state index is 12.3. The number of nitrogens with zero attached hydrogens (tertiary/aromatic N) is 1. The molecule has 2 rings (SSSR count). The molecule has 0 atom stereocenters. The Balaban J connectivity index is 1.40. The molecule has 0 bridgehead atoms. The zero-order chi connectivity index (χ0) is 20.0. The highest BCUT2D eigenvalue weighted by atomic mass is 16.3. The first-order valence-corrected chi connectivity index (χ1v) is 11.3. The number of amides is 2. The Bertz CT molecular complexity index is 564. The molecule has 1 N–H and O–H groups in total. The number of benzene rings is 1. The van der Waals surface area contributed by atoms with Crippen LogP contribution in [-0.2, 0) is 0 Å². The maximum Gasteiger partial charge on any atom is 0.261 e. The van der Waals surface area contributed by atoms with Gasteiger partial charge in [0.1, 0.15) is 0 Å². The second-order valence-corrected chi connectivity index (χ2v) is 7.98. The van der Waals surface area contributed by atoms with Crippen molar-refractivity contribution >= 4 is 11.8 Å². The number of carbonyl (C=O) groups excluding carboxylic acids is 2. The van der Waals surface area contributed by atoms with Crippen LogP contribution in [0.2, 0.25) is 0 Å². The SMILES string of the molecule is O=C1c2ccccc2C(=O)N1CCCCCCCCCCCCCCCCO. The van der Waals surface area contributed by atoms with Crippen LogP contribution in [0.15, 0.2) is 24.3 Å². The van der Waals surface area contributed by atoms with E-state index in [1.165, 1.54) is 75.5 Å². The van der Waals surface area contributed by atoms with Gasteiger partial charge in [0.2, 0.25) is 0 Å². The van der Waals surface area contributed by atoms with Gasteiger partial charge >= 0.3 is 0 Å². The lowest BCUT2D eigenvalue weighted by atomic mass is 10.0. The van der Waals surface area contributed by atoms with Gasteiger partial charge in [0.25, 0.3) is 11.8 Å². The van der Waals surface area contributed by atoms with E-state index in [1.54, 1.807) is 12.1 Å². The van der Waals surface area contributed by atoms with Crippen LogP contribution in [0.4, 0.5) is 0 Å². The van der Waals surface area contributed by atoms with Gasteiger partial charge in [-0.2, -0.15) is 0 Å². The van der Waals surface area contributed by atoms with E-state index in [0.29, 0.717) is 24.3 Å². The van der Waals surface area contributed by atoms with E-state index in [9.17, 15) is 9.59 Å². The first kappa shape index (κ1) is 22.6. The minimum absolute atomic E-state index is 0.131. The number of rotatable bonds is 16. The molecule has 0 fully saturated rings. The molecule has 0 unspecified atom stereocenters. The fraction of sp³-hybridized carbons (Fsp3) is 0.667. The lowest BCUT2D eigenvalue weighted by Gasteiger charge is -2.13. The fourth-order valence-corrected chi connectivity index (χ4v) is 3.95. The quantitative estimate of drug-likeness (QED) is 0.291. The normalized spacial score (nSPS) is 13.4. The Morgan fingerprint density at radius 2 is 0.929 bits per heavy atom. The third-order valence-corrected chi connectivity index (χ3v) is 5.67. The van der Waals surface area contributed by atoms with Gasteiger partial charge in [-0.15, -0.1) is 0 Å². The van der Waals surface area contributed by atoms with Crippen LogP contribution in [0.5, 0.6) is 0 Å². The van der Waals surface area contributed by atoms with E-state index in [-0.39, 0.29) is 11.8 Å². The fourth-order valence-electron chi connectivity index (χ4n) is 3.95. The highest BCUT2D eigenvalue weighted by Gasteiger charge is 2.34. The van der Waals surface area contributed by atoms with Crippen LogP contribution in [0.3, 0.4) is 0 Å². The van der Waals surface area contributed by atoms with Crippen LogP contribution in [-0.4, -0.2) is 35.0 Å². The summed E-state index contributed by atoms with van der Waals surface area (Å²) in [4.78, 5) is 26.0. The molecular formula is C24H37NO3. The number of hydrogen-bond donors (Lipinski definition) is 1. The zero-order valence-corrected chi connectivity index (χ0v) is 17.3. The van der Waals surface area contributed by atoms with Crippen molar-refractivity contribution in [1.82, 2.24) is 4.90 Å². The molecule has 0 saturated carbocycles. The van der Waals surface area contributed by atoms with Gasteiger partial charge in [0.05, 0.1) is 11.1 Å². The van der Waals surface area contributed by atoms with Crippen molar-refractivity contribution in [2.24, 2.45) is 0 Å². The second kappa shape index (κ2) is 13.5. The molecule has 4 nitrogen and oxygen atoms in total. The molecule has 0 aliphatic carbocycles. The number of fused-ring (bicyclic) bond motifs is 1. The summed E-state index contributed by atoms with van der Waals surface area (Å²) in [5.74, 6) is -0.261. The van der Waals surface area contributed by atoms with Crippen LogP contribution in [0, 0.1) is 0 Å². The maximum atomic E-state index is 12.3. The number of unbranched alkanes of at least 4 members (excludes halogenated alkanes) is 13. The third kappa shape index (κ3) is 7.38. The summed E-state index contributed by atoms with van der Waals surface area (Å²) in [6, 6.07) is 7.11. The average molecular weight is 388 g/mol. The molecule has 1 heterocycles. The lowest BCUT2D eigenvalue weighted by molar-refractivity contribution is 0.0651. The summed E-state index contributed by atoms with van der Waals surface area (Å²) in [5.41, 5.74) is 1.11. The van der Waals surface area contributed by atoms with Gasteiger partial charge in [-0.3, -0.25) is 14.5 Å². The highest BCUT2D eigenvalue weighted by Crippen LogP contribution is 2.23. The number of aliphatic hydroxyl groups is 1. The molecule has 156 valence electrons. The molecule has 2 amide bonds. The molecular weight excluding hydrogens is 350 g/mol. The van der Waals surface area contributed by atoms with Crippen LogP contribution in [0.25, 0.3) is 0 Å². The largest absolute Gasteiger partial charge is 0.396 e. The number of imide groups is 1. The summed E-state index contributed by atoms with van der Waals surface area (Å²) < 4.78 is 0. The molecule has 1 aliphatic rings. The smallest absolute Gasteiger partial charge is 0.261 e. The summed E-state index contributed by atoms with van der Waals surface area (Å²) >= 11 is 0. The zero-order valence-electron chi connectivity index (χ0n) is 17.3. The lowest BCUT2D eigenvalue weighted by Crippen LogP contribution is -2.30. The van der Waals surface area contributed by atoms with Gasteiger partial charge in [-0.05, 0) is 25.0 Å². The van der Waals surface area contributed by atoms with Crippen molar-refractivity contribution in [3.05, 3.63) is 35.4 Å². The first-order chi connectivity index (χ1) is 13.8. The molecule has 1 aromatic rings. The van der Waals surface area contributed by atoms with Crippen molar-refractivity contribution < 1.29 is 14.7 Å². The monoisotopic (exact) mass is 387 g/mol. The van der Waals surface area contributed by atoms with Gasteiger partial charge in [0, 0.05) is 13.2 Å². The topological polar surface area (TPSA) is 57.6 Å². The standard InChI is InChI=1S/C24H37NO3/c26-20-16-12-10-8-6-4-2-1-3-5-7-9-11-15-19-25-23(27)21-17-13-14-18-22(21)24(25)28/h13-14,17-18,26H,1-12,15-16,19-20H2. The Hall–Kier alpha value is -1.68. The van der Waals surface area contributed by atoms with E-state index in [2.05, 4.69) is 0 Å². The summed E-state index contributed by atoms with van der Waals surface area (Å²) in [7, 11) is 0. The predicted octanol–water partition coefficient (Wildman–Crippen LogP) is 5.74. The highest BCUT2D eigenvalue weighted by molar-refractivity contribution is 6.21. The van der Waals surface area contributed by atoms with E-state index in [0.717, 1.165) is 19.3 Å². The van der Waals surface area contributed by atoms with Crippen molar-refractivity contribution in [3.8, 4) is 0 Å². The molecule has 0 saturated heterocycles. The minimum Gasteiger partial charge on any atom is -0.396 e. The van der Waals surface area contributed by atoms with E-state index >= 15 is 0 Å². The molecule has 1 aliphatic heterocycles.